The quantitative estimate of drug-likeness (QED) is 0.418. The van der Waals surface area contributed by atoms with E-state index < -0.39 is 17.3 Å². The van der Waals surface area contributed by atoms with E-state index in [1.165, 1.54) is 0 Å². The summed E-state index contributed by atoms with van der Waals surface area (Å²) in [5.41, 5.74) is 0.712. The standard InChI is InChI=1S/C25H30F3N5O/c1-24(34)9-7-15(8-10-24)17-5-2-6-18-19(13-30-21(17)18)22-20(25(26,27)28)14-31-23(33-22)32-16-4-3-11-29-12-16/h2,5-6,13-16,29-30,34H,3-4,7-12H2,1H3,(H,31,32,33)/t15-,16-,24-/m0/s1. The van der Waals surface area contributed by atoms with Gasteiger partial charge in [-0.2, -0.15) is 13.2 Å². The normalized spacial score (nSPS) is 26.0. The molecule has 1 atom stereocenters. The smallest absolute Gasteiger partial charge is 0.390 e. The number of rotatable bonds is 4. The number of hydrogen-bond donors (Lipinski definition) is 4. The number of para-hydroxylation sites is 1. The van der Waals surface area contributed by atoms with Gasteiger partial charge in [0.15, 0.2) is 0 Å². The minimum Gasteiger partial charge on any atom is -0.390 e. The van der Waals surface area contributed by atoms with Crippen LogP contribution in [0.5, 0.6) is 0 Å². The zero-order valence-electron chi connectivity index (χ0n) is 19.2. The van der Waals surface area contributed by atoms with Crippen molar-refractivity contribution in [2.45, 2.75) is 69.2 Å². The molecule has 1 aliphatic carbocycles. The monoisotopic (exact) mass is 473 g/mol. The molecule has 0 bridgehead atoms. The van der Waals surface area contributed by atoms with Crippen molar-refractivity contribution < 1.29 is 18.3 Å². The first-order valence-electron chi connectivity index (χ1n) is 12.0. The van der Waals surface area contributed by atoms with E-state index in [-0.39, 0.29) is 23.6 Å². The van der Waals surface area contributed by atoms with E-state index in [1.807, 2.05) is 25.1 Å². The van der Waals surface area contributed by atoms with E-state index in [0.29, 0.717) is 23.8 Å². The number of alkyl halides is 3. The number of halogens is 3. The molecule has 1 saturated carbocycles. The molecule has 2 aromatic heterocycles. The maximum absolute atomic E-state index is 13.9. The van der Waals surface area contributed by atoms with Crippen molar-refractivity contribution in [2.24, 2.45) is 0 Å². The molecule has 0 amide bonds. The molecule has 2 fully saturated rings. The van der Waals surface area contributed by atoms with Crippen LogP contribution in [0.4, 0.5) is 19.1 Å². The van der Waals surface area contributed by atoms with Crippen LogP contribution in [0.15, 0.2) is 30.6 Å². The predicted octanol–water partition coefficient (Wildman–Crippen LogP) is 5.22. The lowest BCUT2D eigenvalue weighted by Gasteiger charge is -2.33. The Morgan fingerprint density at radius 3 is 2.68 bits per heavy atom. The number of aromatic nitrogens is 3. The molecule has 3 aromatic rings. The third-order valence-corrected chi connectivity index (χ3v) is 7.23. The number of anilines is 1. The molecule has 5 rings (SSSR count). The van der Waals surface area contributed by atoms with Gasteiger partial charge >= 0.3 is 6.18 Å². The number of aliphatic hydroxyl groups is 1. The van der Waals surface area contributed by atoms with Gasteiger partial charge in [0.25, 0.3) is 0 Å². The van der Waals surface area contributed by atoms with Gasteiger partial charge < -0.3 is 20.7 Å². The lowest BCUT2D eigenvalue weighted by Crippen LogP contribution is -2.38. The molecule has 3 heterocycles. The molecule has 1 aromatic carbocycles. The molecule has 9 heteroatoms. The summed E-state index contributed by atoms with van der Waals surface area (Å²) >= 11 is 0. The lowest BCUT2D eigenvalue weighted by atomic mass is 9.76. The van der Waals surface area contributed by atoms with E-state index in [0.717, 1.165) is 56.0 Å². The van der Waals surface area contributed by atoms with Crippen LogP contribution in [0.3, 0.4) is 0 Å². The molecule has 0 unspecified atom stereocenters. The minimum absolute atomic E-state index is 0.0800. The van der Waals surface area contributed by atoms with Crippen LogP contribution < -0.4 is 10.6 Å². The van der Waals surface area contributed by atoms with Crippen molar-refractivity contribution in [1.29, 1.82) is 0 Å². The van der Waals surface area contributed by atoms with Crippen LogP contribution >= 0.6 is 0 Å². The fourth-order valence-corrected chi connectivity index (χ4v) is 5.29. The number of hydrogen-bond acceptors (Lipinski definition) is 5. The average molecular weight is 474 g/mol. The second kappa shape index (κ2) is 8.85. The Bertz CT molecular complexity index is 1160. The average Bonchev–Trinajstić information content (AvgIpc) is 3.23. The Labute approximate surface area is 196 Å². The highest BCUT2D eigenvalue weighted by molar-refractivity contribution is 5.97. The van der Waals surface area contributed by atoms with Crippen LogP contribution in [0.1, 0.15) is 62.5 Å². The SMILES string of the molecule is C[C@]1(O)CC[C@H](c2cccc3c(-c4nc(N[C@H]5CCCNC5)ncc4C(F)(F)F)c[nH]c32)CC1. The summed E-state index contributed by atoms with van der Waals surface area (Å²) in [6, 6.07) is 5.84. The molecule has 4 N–H and O–H groups in total. The number of nitrogens with one attached hydrogen (secondary N) is 3. The van der Waals surface area contributed by atoms with Crippen LogP contribution in [-0.4, -0.2) is 44.8 Å². The molecular formula is C25H30F3N5O. The second-order valence-electron chi connectivity index (χ2n) is 9.88. The number of aromatic amines is 1. The number of nitrogens with zero attached hydrogens (tertiary/aromatic N) is 2. The summed E-state index contributed by atoms with van der Waals surface area (Å²) < 4.78 is 41.8. The number of benzene rings is 1. The van der Waals surface area contributed by atoms with Crippen molar-refractivity contribution in [1.82, 2.24) is 20.3 Å². The van der Waals surface area contributed by atoms with Crippen molar-refractivity contribution in [3.05, 3.63) is 41.7 Å². The van der Waals surface area contributed by atoms with Crippen molar-refractivity contribution in [2.75, 3.05) is 18.4 Å². The summed E-state index contributed by atoms with van der Waals surface area (Å²) in [5, 5.41) is 17.5. The van der Waals surface area contributed by atoms with Gasteiger partial charge in [-0.15, -0.1) is 0 Å². The third-order valence-electron chi connectivity index (χ3n) is 7.23. The number of fused-ring (bicyclic) bond motifs is 1. The van der Waals surface area contributed by atoms with Crippen LogP contribution in [0.25, 0.3) is 22.2 Å². The fraction of sp³-hybridized carbons (Fsp3) is 0.520. The van der Waals surface area contributed by atoms with Gasteiger partial charge in [-0.1, -0.05) is 18.2 Å². The Kier molecular flexibility index (Phi) is 6.02. The van der Waals surface area contributed by atoms with Gasteiger partial charge in [0.05, 0.1) is 11.3 Å². The zero-order chi connectivity index (χ0) is 23.9. The summed E-state index contributed by atoms with van der Waals surface area (Å²) in [5.74, 6) is 0.454. The minimum atomic E-state index is -4.57. The highest BCUT2D eigenvalue weighted by atomic mass is 19.4. The summed E-state index contributed by atoms with van der Waals surface area (Å²) in [6.45, 7) is 3.53. The van der Waals surface area contributed by atoms with Crippen molar-refractivity contribution >= 4 is 16.9 Å². The highest BCUT2D eigenvalue weighted by Gasteiger charge is 2.37. The summed E-state index contributed by atoms with van der Waals surface area (Å²) in [6.07, 6.45) is 2.93. The first-order chi connectivity index (χ1) is 16.2. The van der Waals surface area contributed by atoms with Crippen LogP contribution in [-0.2, 0) is 6.18 Å². The Morgan fingerprint density at radius 1 is 1.18 bits per heavy atom. The fourth-order valence-electron chi connectivity index (χ4n) is 5.29. The maximum atomic E-state index is 13.9. The van der Waals surface area contributed by atoms with Gasteiger partial charge in [0.2, 0.25) is 5.95 Å². The van der Waals surface area contributed by atoms with Crippen molar-refractivity contribution in [3.8, 4) is 11.3 Å². The van der Waals surface area contributed by atoms with Gasteiger partial charge in [0.1, 0.15) is 5.56 Å². The highest BCUT2D eigenvalue weighted by Crippen LogP contribution is 2.43. The first kappa shape index (κ1) is 23.1. The molecule has 1 saturated heterocycles. The number of piperidine rings is 1. The van der Waals surface area contributed by atoms with Gasteiger partial charge in [0, 0.05) is 41.4 Å². The summed E-state index contributed by atoms with van der Waals surface area (Å²) in [4.78, 5) is 11.6. The lowest BCUT2D eigenvalue weighted by molar-refractivity contribution is -0.137. The molecule has 0 spiro atoms. The molecule has 1 aliphatic heterocycles. The molecule has 34 heavy (non-hydrogen) atoms. The predicted molar refractivity (Wildman–Crippen MR) is 126 cm³/mol. The van der Waals surface area contributed by atoms with Crippen LogP contribution in [0, 0.1) is 0 Å². The Hall–Kier alpha value is -2.65. The Balaban J connectivity index is 1.54. The van der Waals surface area contributed by atoms with E-state index >= 15 is 0 Å². The second-order valence-corrected chi connectivity index (χ2v) is 9.88. The maximum Gasteiger partial charge on any atom is 0.419 e. The van der Waals surface area contributed by atoms with Gasteiger partial charge in [-0.3, -0.25) is 0 Å². The van der Waals surface area contributed by atoms with Gasteiger partial charge in [-0.05, 0) is 63.5 Å². The first-order valence-corrected chi connectivity index (χ1v) is 12.0. The van der Waals surface area contributed by atoms with Crippen LogP contribution in [0.2, 0.25) is 0 Å². The molecule has 0 radical (unpaired) electrons. The topological polar surface area (TPSA) is 85.9 Å². The number of H-pyrrole nitrogens is 1. The van der Waals surface area contributed by atoms with E-state index in [9.17, 15) is 18.3 Å². The van der Waals surface area contributed by atoms with E-state index in [1.54, 1.807) is 6.20 Å². The summed E-state index contributed by atoms with van der Waals surface area (Å²) in [7, 11) is 0. The van der Waals surface area contributed by atoms with Gasteiger partial charge in [-0.25, -0.2) is 9.97 Å². The molecule has 6 nitrogen and oxygen atoms in total. The van der Waals surface area contributed by atoms with E-state index in [2.05, 4.69) is 25.6 Å². The Morgan fingerprint density at radius 2 is 1.97 bits per heavy atom. The third kappa shape index (κ3) is 4.63. The molecule has 182 valence electrons. The van der Waals surface area contributed by atoms with E-state index in [4.69, 9.17) is 0 Å². The van der Waals surface area contributed by atoms with Crippen molar-refractivity contribution in [3.63, 3.8) is 0 Å². The molecule has 2 aliphatic rings. The largest absolute Gasteiger partial charge is 0.419 e. The molecular weight excluding hydrogens is 443 g/mol. The zero-order valence-corrected chi connectivity index (χ0v) is 19.2.